The number of esters is 1. The minimum atomic E-state index is -0.548. The van der Waals surface area contributed by atoms with Crippen LogP contribution in [0.2, 0.25) is 0 Å². The number of nitrogens with zero attached hydrogens (tertiary/aromatic N) is 1. The second-order valence-corrected chi connectivity index (χ2v) is 4.43. The molecule has 1 fully saturated rings. The van der Waals surface area contributed by atoms with Crippen LogP contribution in [-0.4, -0.2) is 48.9 Å². The Morgan fingerprint density at radius 2 is 2.30 bits per heavy atom. The summed E-state index contributed by atoms with van der Waals surface area (Å²) in [5.74, 6) is -1.05. The van der Waals surface area contributed by atoms with Crippen LogP contribution < -0.4 is 5.32 Å². The third kappa shape index (κ3) is 2.98. The van der Waals surface area contributed by atoms with Gasteiger partial charge in [-0.15, -0.1) is 0 Å². The molecule has 0 saturated carbocycles. The van der Waals surface area contributed by atoms with Gasteiger partial charge in [0.25, 0.3) is 5.91 Å². The standard InChI is InChI=1S/C13H16N2O5/c1-19-13(18)9-4-2-6-15(9)11(16)8-14-12(17)10-5-3-7-20-10/h3,5,7,9H,2,4,6,8H2,1H3,(H,14,17). The summed E-state index contributed by atoms with van der Waals surface area (Å²) < 4.78 is 9.58. The maximum atomic E-state index is 12.0. The fraction of sp³-hybridized carbons (Fsp3) is 0.462. The van der Waals surface area contributed by atoms with Gasteiger partial charge in [0.1, 0.15) is 6.04 Å². The molecule has 20 heavy (non-hydrogen) atoms. The number of hydrogen-bond donors (Lipinski definition) is 1. The first kappa shape index (κ1) is 14.1. The molecule has 1 aromatic heterocycles. The molecule has 1 unspecified atom stereocenters. The van der Waals surface area contributed by atoms with E-state index < -0.39 is 17.9 Å². The number of furan rings is 1. The molecule has 7 nitrogen and oxygen atoms in total. The van der Waals surface area contributed by atoms with E-state index in [0.29, 0.717) is 13.0 Å². The van der Waals surface area contributed by atoms with Gasteiger partial charge in [-0.1, -0.05) is 0 Å². The molecular formula is C13H16N2O5. The van der Waals surface area contributed by atoms with Crippen molar-refractivity contribution in [2.45, 2.75) is 18.9 Å². The van der Waals surface area contributed by atoms with Crippen LogP contribution in [0.5, 0.6) is 0 Å². The van der Waals surface area contributed by atoms with E-state index in [4.69, 9.17) is 4.42 Å². The largest absolute Gasteiger partial charge is 0.467 e. The fourth-order valence-electron chi connectivity index (χ4n) is 2.20. The van der Waals surface area contributed by atoms with Crippen molar-refractivity contribution in [3.05, 3.63) is 24.2 Å². The molecule has 0 bridgehead atoms. The van der Waals surface area contributed by atoms with Crippen molar-refractivity contribution >= 4 is 17.8 Å². The highest BCUT2D eigenvalue weighted by Crippen LogP contribution is 2.18. The quantitative estimate of drug-likeness (QED) is 0.794. The van der Waals surface area contributed by atoms with Gasteiger partial charge in [0.15, 0.2) is 5.76 Å². The number of methoxy groups -OCH3 is 1. The summed E-state index contributed by atoms with van der Waals surface area (Å²) in [6.45, 7) is 0.322. The highest BCUT2D eigenvalue weighted by atomic mass is 16.5. The summed E-state index contributed by atoms with van der Waals surface area (Å²) in [7, 11) is 1.29. The molecule has 2 heterocycles. The number of likely N-dealkylation sites (tertiary alicyclic amines) is 1. The van der Waals surface area contributed by atoms with E-state index in [1.54, 1.807) is 6.07 Å². The normalized spacial score (nSPS) is 17.9. The van der Waals surface area contributed by atoms with Gasteiger partial charge in [0.2, 0.25) is 5.91 Å². The first-order valence-electron chi connectivity index (χ1n) is 6.32. The van der Waals surface area contributed by atoms with Gasteiger partial charge in [0, 0.05) is 6.54 Å². The third-order valence-electron chi connectivity index (χ3n) is 3.19. The first-order valence-corrected chi connectivity index (χ1v) is 6.32. The van der Waals surface area contributed by atoms with Crippen LogP contribution in [-0.2, 0) is 14.3 Å². The average Bonchev–Trinajstić information content (AvgIpc) is 3.13. The fourth-order valence-corrected chi connectivity index (χ4v) is 2.20. The Morgan fingerprint density at radius 3 is 2.95 bits per heavy atom. The van der Waals surface area contributed by atoms with Crippen LogP contribution in [0.4, 0.5) is 0 Å². The van der Waals surface area contributed by atoms with E-state index in [1.165, 1.54) is 24.3 Å². The van der Waals surface area contributed by atoms with Gasteiger partial charge in [0.05, 0.1) is 19.9 Å². The molecule has 0 spiro atoms. The lowest BCUT2D eigenvalue weighted by atomic mass is 10.2. The Labute approximate surface area is 115 Å². The highest BCUT2D eigenvalue weighted by molar-refractivity contribution is 5.95. The molecule has 2 rings (SSSR count). The summed E-state index contributed by atoms with van der Waals surface area (Å²) in [4.78, 5) is 36.6. The Kier molecular flexibility index (Phi) is 4.39. The SMILES string of the molecule is COC(=O)C1CCCN1C(=O)CNC(=O)c1ccco1. The van der Waals surface area contributed by atoms with Crippen molar-refractivity contribution < 1.29 is 23.5 Å². The number of ether oxygens (including phenoxy) is 1. The number of hydrogen-bond acceptors (Lipinski definition) is 5. The number of carbonyl (C=O) groups is 3. The zero-order valence-corrected chi connectivity index (χ0v) is 11.1. The lowest BCUT2D eigenvalue weighted by molar-refractivity contribution is -0.150. The third-order valence-corrected chi connectivity index (χ3v) is 3.19. The number of amides is 2. The highest BCUT2D eigenvalue weighted by Gasteiger charge is 2.34. The Hall–Kier alpha value is -2.31. The molecule has 0 radical (unpaired) electrons. The van der Waals surface area contributed by atoms with Crippen LogP contribution in [0.15, 0.2) is 22.8 Å². The Bertz CT molecular complexity index is 497. The van der Waals surface area contributed by atoms with E-state index in [2.05, 4.69) is 10.1 Å². The van der Waals surface area contributed by atoms with Gasteiger partial charge in [-0.3, -0.25) is 9.59 Å². The van der Waals surface area contributed by atoms with E-state index in [0.717, 1.165) is 6.42 Å². The minimum absolute atomic E-state index is 0.142. The molecule has 0 aromatic carbocycles. The molecule has 1 aromatic rings. The predicted octanol–water partition coefficient (Wildman–Crippen LogP) is 0.173. The van der Waals surface area contributed by atoms with Crippen molar-refractivity contribution in [1.29, 1.82) is 0 Å². The van der Waals surface area contributed by atoms with Gasteiger partial charge in [-0.05, 0) is 25.0 Å². The van der Waals surface area contributed by atoms with Crippen molar-refractivity contribution in [2.24, 2.45) is 0 Å². The summed E-state index contributed by atoms with van der Waals surface area (Å²) >= 11 is 0. The Balaban J connectivity index is 1.88. The second-order valence-electron chi connectivity index (χ2n) is 4.43. The maximum Gasteiger partial charge on any atom is 0.328 e. The lowest BCUT2D eigenvalue weighted by Crippen LogP contribution is -2.45. The number of rotatable bonds is 4. The van der Waals surface area contributed by atoms with Gasteiger partial charge in [-0.2, -0.15) is 0 Å². The first-order chi connectivity index (χ1) is 9.63. The van der Waals surface area contributed by atoms with Gasteiger partial charge >= 0.3 is 5.97 Å². The predicted molar refractivity (Wildman–Crippen MR) is 67.8 cm³/mol. The maximum absolute atomic E-state index is 12.0. The summed E-state index contributed by atoms with van der Waals surface area (Å²) in [6.07, 6.45) is 2.71. The molecule has 2 amide bonds. The molecule has 1 N–H and O–H groups in total. The smallest absolute Gasteiger partial charge is 0.328 e. The van der Waals surface area contributed by atoms with Crippen molar-refractivity contribution in [1.82, 2.24) is 10.2 Å². The number of carbonyl (C=O) groups excluding carboxylic acids is 3. The van der Waals surface area contributed by atoms with Crippen LogP contribution in [0.1, 0.15) is 23.4 Å². The molecule has 1 atom stereocenters. The van der Waals surface area contributed by atoms with Crippen molar-refractivity contribution in [2.75, 3.05) is 20.2 Å². The molecule has 1 aliphatic heterocycles. The lowest BCUT2D eigenvalue weighted by Gasteiger charge is -2.22. The summed E-state index contributed by atoms with van der Waals surface area (Å²) in [5.41, 5.74) is 0. The van der Waals surface area contributed by atoms with Crippen LogP contribution >= 0.6 is 0 Å². The zero-order valence-electron chi connectivity index (χ0n) is 11.1. The van der Waals surface area contributed by atoms with E-state index in [1.807, 2.05) is 0 Å². The summed E-state index contributed by atoms with van der Waals surface area (Å²) in [6, 6.07) is 2.55. The van der Waals surface area contributed by atoms with E-state index in [-0.39, 0.29) is 18.2 Å². The van der Waals surface area contributed by atoms with Crippen molar-refractivity contribution in [3.8, 4) is 0 Å². The summed E-state index contributed by atoms with van der Waals surface area (Å²) in [5, 5.41) is 2.46. The molecule has 7 heteroatoms. The molecule has 1 aliphatic rings. The topological polar surface area (TPSA) is 88.9 Å². The number of nitrogens with one attached hydrogen (secondary N) is 1. The average molecular weight is 280 g/mol. The minimum Gasteiger partial charge on any atom is -0.467 e. The second kappa shape index (κ2) is 6.23. The molecular weight excluding hydrogens is 264 g/mol. The van der Waals surface area contributed by atoms with Crippen LogP contribution in [0.3, 0.4) is 0 Å². The monoisotopic (exact) mass is 280 g/mol. The molecule has 0 aliphatic carbocycles. The van der Waals surface area contributed by atoms with Crippen LogP contribution in [0, 0.1) is 0 Å². The zero-order chi connectivity index (χ0) is 14.5. The Morgan fingerprint density at radius 1 is 1.50 bits per heavy atom. The van der Waals surface area contributed by atoms with E-state index in [9.17, 15) is 14.4 Å². The van der Waals surface area contributed by atoms with Gasteiger partial charge < -0.3 is 19.4 Å². The van der Waals surface area contributed by atoms with Crippen molar-refractivity contribution in [3.63, 3.8) is 0 Å². The van der Waals surface area contributed by atoms with Crippen LogP contribution in [0.25, 0.3) is 0 Å². The molecule has 1 saturated heterocycles. The molecule has 108 valence electrons. The van der Waals surface area contributed by atoms with Gasteiger partial charge in [-0.25, -0.2) is 4.79 Å². The van der Waals surface area contributed by atoms with E-state index >= 15 is 0 Å².